The molecule has 1 aliphatic heterocycles. The number of likely N-dealkylation sites (N-methyl/N-ethyl adjacent to an activating group) is 1. The number of amides is 1. The van der Waals surface area contributed by atoms with Crippen LogP contribution in [0.5, 0.6) is 0 Å². The van der Waals surface area contributed by atoms with Crippen molar-refractivity contribution >= 4 is 16.7 Å². The van der Waals surface area contributed by atoms with Gasteiger partial charge in [-0.25, -0.2) is 8.78 Å². The van der Waals surface area contributed by atoms with Gasteiger partial charge in [0.1, 0.15) is 11.6 Å². The second kappa shape index (κ2) is 9.53. The molecule has 2 aromatic carbocycles. The fourth-order valence-corrected chi connectivity index (χ4v) is 5.65. The Morgan fingerprint density at radius 2 is 1.89 bits per heavy atom. The van der Waals surface area contributed by atoms with Gasteiger partial charge in [0.2, 0.25) is 0 Å². The number of nitrogens with one attached hydrogen (secondary N) is 1. The molecular weight excluding hydrogens is 448 g/mol. The lowest BCUT2D eigenvalue weighted by Crippen LogP contribution is -2.39. The van der Waals surface area contributed by atoms with Crippen LogP contribution in [0.3, 0.4) is 0 Å². The van der Waals surface area contributed by atoms with Crippen molar-refractivity contribution in [1.29, 1.82) is 0 Å². The Bertz CT molecular complexity index is 1330. The zero-order valence-corrected chi connectivity index (χ0v) is 20.2. The molecule has 2 atom stereocenters. The molecule has 5 nitrogen and oxygen atoms in total. The highest BCUT2D eigenvalue weighted by Gasteiger charge is 2.32. The number of likely N-dealkylation sites (tertiary alicyclic amines) is 1. The van der Waals surface area contributed by atoms with Crippen molar-refractivity contribution in [3.8, 4) is 0 Å². The van der Waals surface area contributed by atoms with E-state index in [0.29, 0.717) is 23.2 Å². The maximum Gasteiger partial charge on any atom is 0.261 e. The fraction of sp³-hybridized carbons (Fsp3) is 0.429. The van der Waals surface area contributed by atoms with Gasteiger partial charge in [0.05, 0.1) is 17.0 Å². The third-order valence-corrected chi connectivity index (χ3v) is 7.92. The molecule has 3 aromatic rings. The third kappa shape index (κ3) is 4.38. The van der Waals surface area contributed by atoms with E-state index in [-0.39, 0.29) is 35.1 Å². The Kier molecular flexibility index (Phi) is 6.45. The number of hydrogen-bond acceptors (Lipinski definition) is 3. The van der Waals surface area contributed by atoms with Crippen molar-refractivity contribution < 1.29 is 13.6 Å². The van der Waals surface area contributed by atoms with Gasteiger partial charge in [0, 0.05) is 23.7 Å². The predicted octanol–water partition coefficient (Wildman–Crippen LogP) is 4.95. The van der Waals surface area contributed by atoms with Crippen molar-refractivity contribution in [3.63, 3.8) is 0 Å². The van der Waals surface area contributed by atoms with Gasteiger partial charge in [-0.3, -0.25) is 9.59 Å². The minimum Gasteiger partial charge on any atom is -0.345 e. The number of carbonyl (C=O) groups is 1. The highest BCUT2D eigenvalue weighted by Crippen LogP contribution is 2.38. The molecule has 2 fully saturated rings. The highest BCUT2D eigenvalue weighted by atomic mass is 19.1. The van der Waals surface area contributed by atoms with Crippen LogP contribution in [0.1, 0.15) is 59.8 Å². The first kappa shape index (κ1) is 23.7. The summed E-state index contributed by atoms with van der Waals surface area (Å²) in [5.74, 6) is -1.13. The zero-order valence-electron chi connectivity index (χ0n) is 20.2. The van der Waals surface area contributed by atoms with E-state index < -0.39 is 11.4 Å². The second-order valence-electron chi connectivity index (χ2n) is 10.0. The molecule has 1 aromatic heterocycles. The summed E-state index contributed by atoms with van der Waals surface area (Å²) in [5.41, 5.74) is 1.14. The topological polar surface area (TPSA) is 54.3 Å². The van der Waals surface area contributed by atoms with E-state index in [0.717, 1.165) is 44.2 Å². The molecule has 0 spiro atoms. The average Bonchev–Trinajstić information content (AvgIpc) is 3.19. The van der Waals surface area contributed by atoms with Crippen LogP contribution in [0, 0.1) is 24.5 Å². The second-order valence-corrected chi connectivity index (χ2v) is 10.0. The molecule has 2 heterocycles. The summed E-state index contributed by atoms with van der Waals surface area (Å²) < 4.78 is 30.5. The van der Waals surface area contributed by atoms with Gasteiger partial charge in [0.25, 0.3) is 11.5 Å². The molecule has 35 heavy (non-hydrogen) atoms. The number of nitrogens with zero attached hydrogens (tertiary/aromatic N) is 2. The van der Waals surface area contributed by atoms with Crippen LogP contribution in [0.15, 0.2) is 47.3 Å². The summed E-state index contributed by atoms with van der Waals surface area (Å²) in [6, 6.07) is 10.6. The van der Waals surface area contributed by atoms with Crippen LogP contribution in [0.25, 0.3) is 10.8 Å². The van der Waals surface area contributed by atoms with Gasteiger partial charge < -0.3 is 14.8 Å². The molecule has 1 N–H and O–H groups in total. The van der Waals surface area contributed by atoms with Crippen molar-refractivity contribution in [3.05, 3.63) is 81.3 Å². The fourth-order valence-electron chi connectivity index (χ4n) is 5.65. The molecule has 2 unspecified atom stereocenters. The Morgan fingerprint density at radius 1 is 1.11 bits per heavy atom. The van der Waals surface area contributed by atoms with Gasteiger partial charge in [-0.15, -0.1) is 0 Å². The minimum atomic E-state index is -0.629. The normalized spacial score (nSPS) is 19.6. The predicted molar refractivity (Wildman–Crippen MR) is 133 cm³/mol. The van der Waals surface area contributed by atoms with Gasteiger partial charge in [-0.1, -0.05) is 30.7 Å². The largest absolute Gasteiger partial charge is 0.345 e. The molecule has 5 rings (SSSR count). The van der Waals surface area contributed by atoms with Gasteiger partial charge in [0.15, 0.2) is 0 Å². The maximum absolute atomic E-state index is 15.0. The molecule has 1 saturated heterocycles. The van der Waals surface area contributed by atoms with E-state index in [9.17, 15) is 18.4 Å². The molecule has 2 aliphatic rings. The third-order valence-electron chi connectivity index (χ3n) is 7.92. The van der Waals surface area contributed by atoms with Crippen molar-refractivity contribution in [1.82, 2.24) is 14.8 Å². The van der Waals surface area contributed by atoms with Crippen molar-refractivity contribution in [2.24, 2.45) is 5.92 Å². The van der Waals surface area contributed by atoms with Crippen LogP contribution >= 0.6 is 0 Å². The SMILES string of the molecule is Cc1c(C(=O)NC(c2cccc(F)c2)C2CCC2)c2cccc(F)c2c(=O)n1CC1CCCN1C. The molecule has 1 amide bonds. The highest BCUT2D eigenvalue weighted by molar-refractivity contribution is 6.08. The molecule has 7 heteroatoms. The number of benzene rings is 2. The lowest BCUT2D eigenvalue weighted by molar-refractivity contribution is 0.0900. The van der Waals surface area contributed by atoms with E-state index >= 15 is 0 Å². The van der Waals surface area contributed by atoms with E-state index in [2.05, 4.69) is 10.2 Å². The Balaban J connectivity index is 1.59. The summed E-state index contributed by atoms with van der Waals surface area (Å²) in [4.78, 5) is 29.4. The quantitative estimate of drug-likeness (QED) is 0.544. The first-order valence-corrected chi connectivity index (χ1v) is 12.4. The number of hydrogen-bond donors (Lipinski definition) is 1. The first-order valence-electron chi connectivity index (χ1n) is 12.4. The summed E-state index contributed by atoms with van der Waals surface area (Å²) >= 11 is 0. The standard InChI is InChI=1S/C28H31F2N3O2/c1-17-24(27(34)31-26(18-7-3-8-18)19-9-4-10-20(29)15-19)22-12-5-13-23(30)25(22)28(35)33(17)16-21-11-6-14-32(21)2/h4-5,9-10,12-13,15,18,21,26H,3,6-8,11,14,16H2,1-2H3,(H,31,34). The number of carbonyl (C=O) groups excluding carboxylic acids is 1. The molecule has 184 valence electrons. The number of halogens is 2. The van der Waals surface area contributed by atoms with Crippen molar-refractivity contribution in [2.75, 3.05) is 13.6 Å². The minimum absolute atomic E-state index is 0.0603. The number of fused-ring (bicyclic) bond motifs is 1. The smallest absolute Gasteiger partial charge is 0.261 e. The summed E-state index contributed by atoms with van der Waals surface area (Å²) in [7, 11) is 2.02. The van der Waals surface area contributed by atoms with Crippen molar-refractivity contribution in [2.45, 2.75) is 57.7 Å². The van der Waals surface area contributed by atoms with E-state index in [4.69, 9.17) is 0 Å². The Labute approximate surface area is 203 Å². The Morgan fingerprint density at radius 3 is 2.54 bits per heavy atom. The molecule has 0 bridgehead atoms. The summed E-state index contributed by atoms with van der Waals surface area (Å²) in [6.45, 7) is 3.11. The number of aromatic nitrogens is 1. The van der Waals surface area contributed by atoms with E-state index in [1.54, 1.807) is 23.6 Å². The molecule has 0 radical (unpaired) electrons. The zero-order chi connectivity index (χ0) is 24.7. The maximum atomic E-state index is 15.0. The lowest BCUT2D eigenvalue weighted by atomic mass is 9.77. The lowest BCUT2D eigenvalue weighted by Gasteiger charge is -2.35. The van der Waals surface area contributed by atoms with Crippen LogP contribution in [-0.2, 0) is 6.54 Å². The van der Waals surface area contributed by atoms with E-state index in [1.165, 1.54) is 24.3 Å². The van der Waals surface area contributed by atoms with Gasteiger partial charge >= 0.3 is 0 Å². The van der Waals surface area contributed by atoms with Crippen LogP contribution in [-0.4, -0.2) is 35.0 Å². The number of rotatable bonds is 6. The van der Waals surface area contributed by atoms with Crippen LogP contribution < -0.4 is 10.9 Å². The van der Waals surface area contributed by atoms with Crippen LogP contribution in [0.2, 0.25) is 0 Å². The van der Waals surface area contributed by atoms with Crippen LogP contribution in [0.4, 0.5) is 8.78 Å². The number of pyridine rings is 1. The van der Waals surface area contributed by atoms with E-state index in [1.807, 2.05) is 13.1 Å². The van der Waals surface area contributed by atoms with Gasteiger partial charge in [-0.2, -0.15) is 0 Å². The first-order chi connectivity index (χ1) is 16.8. The summed E-state index contributed by atoms with van der Waals surface area (Å²) in [5, 5.41) is 3.38. The Hall–Kier alpha value is -3.06. The summed E-state index contributed by atoms with van der Waals surface area (Å²) in [6.07, 6.45) is 4.95. The molecule has 1 aliphatic carbocycles. The van der Waals surface area contributed by atoms with Gasteiger partial charge in [-0.05, 0) is 75.9 Å². The monoisotopic (exact) mass is 479 g/mol. The molecule has 1 saturated carbocycles. The average molecular weight is 480 g/mol. The molecular formula is C28H31F2N3O2.